The van der Waals surface area contributed by atoms with Gasteiger partial charge in [0.15, 0.2) is 0 Å². The number of hydrogen-bond acceptors (Lipinski definition) is 4. The van der Waals surface area contributed by atoms with Crippen LogP contribution in [0.25, 0.3) is 0 Å². The zero-order valence-electron chi connectivity index (χ0n) is 12.2. The molecule has 0 unspecified atom stereocenters. The molecule has 0 spiro atoms. The standard InChI is InChI=1S/C15H21N3O2/c1-15(2,3)20-14(19)18-11-10-17-13-6-4-12(5-7-13)8-9-16/h4-7,17H,8,10-11H2,1-3H3,(H,18,19). The Balaban J connectivity index is 2.24. The molecule has 0 heterocycles. The number of benzene rings is 1. The van der Waals surface area contributed by atoms with Crippen molar-refractivity contribution in [2.45, 2.75) is 32.8 Å². The van der Waals surface area contributed by atoms with Crippen molar-refractivity contribution >= 4 is 11.8 Å². The summed E-state index contributed by atoms with van der Waals surface area (Å²) < 4.78 is 5.12. The summed E-state index contributed by atoms with van der Waals surface area (Å²) in [6.45, 7) is 6.57. The summed E-state index contributed by atoms with van der Waals surface area (Å²) in [7, 11) is 0. The lowest BCUT2D eigenvalue weighted by atomic mass is 10.1. The van der Waals surface area contributed by atoms with Gasteiger partial charge in [-0.25, -0.2) is 4.79 Å². The molecule has 20 heavy (non-hydrogen) atoms. The predicted octanol–water partition coefficient (Wildman–Crippen LogP) is 2.69. The molecule has 0 fully saturated rings. The maximum absolute atomic E-state index is 11.4. The summed E-state index contributed by atoms with van der Waals surface area (Å²) in [6.07, 6.45) is 0.00387. The number of carbonyl (C=O) groups is 1. The fourth-order valence-corrected chi connectivity index (χ4v) is 1.52. The number of hydrogen-bond donors (Lipinski definition) is 2. The highest BCUT2D eigenvalue weighted by atomic mass is 16.6. The number of nitrogens with zero attached hydrogens (tertiary/aromatic N) is 1. The molecule has 0 aliphatic carbocycles. The van der Waals surface area contributed by atoms with Gasteiger partial charge in [-0.2, -0.15) is 5.26 Å². The number of rotatable bonds is 5. The zero-order chi connectivity index (χ0) is 15.0. The average molecular weight is 275 g/mol. The lowest BCUT2D eigenvalue weighted by molar-refractivity contribution is 0.0530. The number of carbonyl (C=O) groups excluding carboxylic acids is 1. The number of nitrogens with one attached hydrogen (secondary N) is 2. The van der Waals surface area contributed by atoms with E-state index >= 15 is 0 Å². The minimum absolute atomic E-state index is 0.413. The molecule has 0 aromatic heterocycles. The first-order valence-corrected chi connectivity index (χ1v) is 6.57. The molecule has 1 rings (SSSR count). The van der Waals surface area contributed by atoms with Gasteiger partial charge in [0.25, 0.3) is 0 Å². The van der Waals surface area contributed by atoms with E-state index in [-0.39, 0.29) is 0 Å². The first kappa shape index (κ1) is 15.8. The summed E-state index contributed by atoms with van der Waals surface area (Å²) in [6, 6.07) is 9.76. The van der Waals surface area contributed by atoms with Gasteiger partial charge in [-0.3, -0.25) is 0 Å². The topological polar surface area (TPSA) is 74.2 Å². The SMILES string of the molecule is CC(C)(C)OC(=O)NCCNc1ccc(CC#N)cc1. The molecule has 0 radical (unpaired) electrons. The minimum atomic E-state index is -0.478. The Bertz CT molecular complexity index is 469. The number of amides is 1. The highest BCUT2D eigenvalue weighted by Crippen LogP contribution is 2.09. The average Bonchev–Trinajstić information content (AvgIpc) is 2.35. The van der Waals surface area contributed by atoms with Crippen molar-refractivity contribution in [3.05, 3.63) is 29.8 Å². The second-order valence-corrected chi connectivity index (χ2v) is 5.39. The summed E-state index contributed by atoms with van der Waals surface area (Å²) in [4.78, 5) is 11.4. The maximum atomic E-state index is 11.4. The molecule has 2 N–H and O–H groups in total. The molecule has 0 aliphatic heterocycles. The Kier molecular flexibility index (Phi) is 5.85. The van der Waals surface area contributed by atoms with Gasteiger partial charge in [-0.05, 0) is 38.5 Å². The van der Waals surface area contributed by atoms with Gasteiger partial charge in [0.1, 0.15) is 5.60 Å². The van der Waals surface area contributed by atoms with E-state index in [1.807, 2.05) is 45.0 Å². The normalized spacial score (nSPS) is 10.5. The molecular formula is C15H21N3O2. The summed E-state index contributed by atoms with van der Waals surface area (Å²) >= 11 is 0. The van der Waals surface area contributed by atoms with Crippen LogP contribution in [-0.4, -0.2) is 24.8 Å². The molecule has 1 amide bonds. The van der Waals surface area contributed by atoms with Crippen molar-refractivity contribution in [2.75, 3.05) is 18.4 Å². The molecule has 0 bridgehead atoms. The summed E-state index contributed by atoms with van der Waals surface area (Å²) in [5.74, 6) is 0. The van der Waals surface area contributed by atoms with E-state index in [4.69, 9.17) is 10.00 Å². The van der Waals surface area contributed by atoms with E-state index in [1.54, 1.807) is 0 Å². The van der Waals surface area contributed by atoms with Gasteiger partial charge in [0, 0.05) is 18.8 Å². The second kappa shape index (κ2) is 7.39. The molecule has 1 aromatic rings. The fraction of sp³-hybridized carbons (Fsp3) is 0.467. The van der Waals surface area contributed by atoms with E-state index in [1.165, 1.54) is 0 Å². The van der Waals surface area contributed by atoms with E-state index in [0.29, 0.717) is 19.5 Å². The Morgan fingerprint density at radius 3 is 2.45 bits per heavy atom. The van der Waals surface area contributed by atoms with E-state index in [2.05, 4.69) is 16.7 Å². The van der Waals surface area contributed by atoms with Crippen molar-refractivity contribution in [2.24, 2.45) is 0 Å². The highest BCUT2D eigenvalue weighted by molar-refractivity contribution is 5.67. The van der Waals surface area contributed by atoms with Gasteiger partial charge < -0.3 is 15.4 Å². The minimum Gasteiger partial charge on any atom is -0.444 e. The largest absolute Gasteiger partial charge is 0.444 e. The van der Waals surface area contributed by atoms with Crippen LogP contribution in [-0.2, 0) is 11.2 Å². The van der Waals surface area contributed by atoms with Crippen LogP contribution in [0.5, 0.6) is 0 Å². The van der Waals surface area contributed by atoms with Crippen molar-refractivity contribution in [3.63, 3.8) is 0 Å². The van der Waals surface area contributed by atoms with Crippen LogP contribution in [0.2, 0.25) is 0 Å². The number of alkyl carbamates (subject to hydrolysis) is 1. The molecule has 0 saturated carbocycles. The predicted molar refractivity (Wildman–Crippen MR) is 78.5 cm³/mol. The molecule has 1 aromatic carbocycles. The first-order valence-electron chi connectivity index (χ1n) is 6.57. The smallest absolute Gasteiger partial charge is 0.407 e. The third-order valence-corrected chi connectivity index (χ3v) is 2.36. The lowest BCUT2D eigenvalue weighted by Crippen LogP contribution is -2.34. The number of anilines is 1. The maximum Gasteiger partial charge on any atom is 0.407 e. The van der Waals surface area contributed by atoms with Gasteiger partial charge >= 0.3 is 6.09 Å². The second-order valence-electron chi connectivity index (χ2n) is 5.39. The molecule has 108 valence electrons. The third kappa shape index (κ3) is 6.64. The molecule has 5 nitrogen and oxygen atoms in total. The van der Waals surface area contributed by atoms with Gasteiger partial charge in [-0.1, -0.05) is 12.1 Å². The van der Waals surface area contributed by atoms with Crippen LogP contribution in [0.3, 0.4) is 0 Å². The Hall–Kier alpha value is -2.22. The van der Waals surface area contributed by atoms with Gasteiger partial charge in [0.2, 0.25) is 0 Å². The monoisotopic (exact) mass is 275 g/mol. The van der Waals surface area contributed by atoms with Crippen LogP contribution < -0.4 is 10.6 Å². The quantitative estimate of drug-likeness (QED) is 0.810. The van der Waals surface area contributed by atoms with E-state index in [0.717, 1.165) is 11.3 Å². The van der Waals surface area contributed by atoms with Crippen molar-refractivity contribution < 1.29 is 9.53 Å². The van der Waals surface area contributed by atoms with Crippen molar-refractivity contribution in [1.82, 2.24) is 5.32 Å². The van der Waals surface area contributed by atoms with Crippen LogP contribution in [0.4, 0.5) is 10.5 Å². The lowest BCUT2D eigenvalue weighted by Gasteiger charge is -2.19. The zero-order valence-corrected chi connectivity index (χ0v) is 12.2. The van der Waals surface area contributed by atoms with E-state index < -0.39 is 11.7 Å². The first-order chi connectivity index (χ1) is 9.40. The molecule has 0 atom stereocenters. The van der Waals surface area contributed by atoms with Crippen LogP contribution in [0.1, 0.15) is 26.3 Å². The molecule has 0 aliphatic rings. The van der Waals surface area contributed by atoms with E-state index in [9.17, 15) is 4.79 Å². The van der Waals surface area contributed by atoms with Gasteiger partial charge in [0.05, 0.1) is 12.5 Å². The summed E-state index contributed by atoms with van der Waals surface area (Å²) in [5, 5.41) is 14.4. The van der Waals surface area contributed by atoms with Gasteiger partial charge in [-0.15, -0.1) is 0 Å². The van der Waals surface area contributed by atoms with Crippen molar-refractivity contribution in [3.8, 4) is 6.07 Å². The molecule has 0 saturated heterocycles. The van der Waals surface area contributed by atoms with Crippen LogP contribution in [0, 0.1) is 11.3 Å². The summed E-state index contributed by atoms with van der Waals surface area (Å²) in [5.41, 5.74) is 1.47. The Morgan fingerprint density at radius 2 is 1.90 bits per heavy atom. The number of ether oxygens (including phenoxy) is 1. The van der Waals surface area contributed by atoms with Crippen LogP contribution >= 0.6 is 0 Å². The number of nitriles is 1. The highest BCUT2D eigenvalue weighted by Gasteiger charge is 2.15. The van der Waals surface area contributed by atoms with Crippen molar-refractivity contribution in [1.29, 1.82) is 5.26 Å². The van der Waals surface area contributed by atoms with Crippen LogP contribution in [0.15, 0.2) is 24.3 Å². The molecule has 5 heteroatoms. The Labute approximate surface area is 119 Å². The Morgan fingerprint density at radius 1 is 1.25 bits per heavy atom. The third-order valence-electron chi connectivity index (χ3n) is 2.36. The fourth-order valence-electron chi connectivity index (χ4n) is 1.52. The molecular weight excluding hydrogens is 254 g/mol.